The molecule has 0 radical (unpaired) electrons. The summed E-state index contributed by atoms with van der Waals surface area (Å²) >= 11 is 3.53. The molecule has 0 spiro atoms. The highest BCUT2D eigenvalue weighted by Crippen LogP contribution is 2.22. The van der Waals surface area contributed by atoms with Crippen LogP contribution in [0.25, 0.3) is 0 Å². The first-order valence-corrected chi connectivity index (χ1v) is 7.30. The molecule has 1 unspecified atom stereocenters. The Morgan fingerprint density at radius 1 is 1.42 bits per heavy atom. The third kappa shape index (κ3) is 3.64. The Kier molecular flexibility index (Phi) is 5.10. The van der Waals surface area contributed by atoms with Crippen LogP contribution in [0.1, 0.15) is 24.2 Å². The third-order valence-corrected chi connectivity index (χ3v) is 3.69. The van der Waals surface area contributed by atoms with Gasteiger partial charge in [0.1, 0.15) is 12.2 Å². The predicted molar refractivity (Wildman–Crippen MR) is 80.2 cm³/mol. The molecule has 4 nitrogen and oxygen atoms in total. The molecule has 2 rings (SSSR count). The molecule has 0 saturated carbocycles. The Balaban J connectivity index is 2.21. The van der Waals surface area contributed by atoms with E-state index in [0.717, 1.165) is 29.8 Å². The van der Waals surface area contributed by atoms with Crippen LogP contribution in [0, 0.1) is 0 Å². The molecule has 102 valence electrons. The molecule has 0 saturated heterocycles. The maximum Gasteiger partial charge on any atom is 0.138 e. The molecule has 5 heteroatoms. The van der Waals surface area contributed by atoms with Crippen LogP contribution in [0.5, 0.6) is 0 Å². The number of aryl methyl sites for hydroxylation is 1. The van der Waals surface area contributed by atoms with Crippen molar-refractivity contribution in [2.24, 2.45) is 0 Å². The van der Waals surface area contributed by atoms with E-state index in [9.17, 15) is 0 Å². The number of nitrogens with zero attached hydrogens (tertiary/aromatic N) is 3. The van der Waals surface area contributed by atoms with Gasteiger partial charge in [-0.3, -0.25) is 4.68 Å². The third-order valence-electron chi connectivity index (χ3n) is 3.19. The summed E-state index contributed by atoms with van der Waals surface area (Å²) in [4.78, 5) is 4.37. The summed E-state index contributed by atoms with van der Waals surface area (Å²) in [6, 6.07) is 8.47. The van der Waals surface area contributed by atoms with Crippen molar-refractivity contribution in [3.05, 3.63) is 46.5 Å². The topological polar surface area (TPSA) is 42.7 Å². The molecule has 2 aromatic rings. The Labute approximate surface area is 122 Å². The van der Waals surface area contributed by atoms with E-state index in [2.05, 4.69) is 62.5 Å². The molecule has 1 atom stereocenters. The Hall–Kier alpha value is -1.20. The van der Waals surface area contributed by atoms with Crippen LogP contribution < -0.4 is 5.32 Å². The normalized spacial score (nSPS) is 12.6. The Morgan fingerprint density at radius 3 is 2.95 bits per heavy atom. The number of benzene rings is 1. The number of nitrogens with one attached hydrogen (secondary N) is 1. The maximum absolute atomic E-state index is 4.37. The van der Waals surface area contributed by atoms with E-state index in [1.54, 1.807) is 6.33 Å². The van der Waals surface area contributed by atoms with E-state index in [4.69, 9.17) is 0 Å². The van der Waals surface area contributed by atoms with Crippen molar-refractivity contribution in [2.75, 3.05) is 13.6 Å². The molecular formula is C14H19BrN4. The van der Waals surface area contributed by atoms with Crippen LogP contribution >= 0.6 is 15.9 Å². The summed E-state index contributed by atoms with van der Waals surface area (Å²) in [6.07, 6.45) is 2.53. The lowest BCUT2D eigenvalue weighted by molar-refractivity contribution is 0.556. The molecule has 0 aliphatic rings. The van der Waals surface area contributed by atoms with Crippen LogP contribution in [0.15, 0.2) is 35.1 Å². The largest absolute Gasteiger partial charge is 0.319 e. The van der Waals surface area contributed by atoms with Gasteiger partial charge >= 0.3 is 0 Å². The quantitative estimate of drug-likeness (QED) is 0.889. The zero-order valence-electron chi connectivity index (χ0n) is 11.3. The number of halogens is 1. The number of aromatic nitrogens is 3. The fourth-order valence-electron chi connectivity index (χ4n) is 2.25. The lowest BCUT2D eigenvalue weighted by Crippen LogP contribution is -2.21. The van der Waals surface area contributed by atoms with Gasteiger partial charge in [0.15, 0.2) is 0 Å². The Morgan fingerprint density at radius 2 is 2.26 bits per heavy atom. The fraction of sp³-hybridized carbons (Fsp3) is 0.429. The second-order valence-electron chi connectivity index (χ2n) is 4.51. The first kappa shape index (κ1) is 14.2. The van der Waals surface area contributed by atoms with Gasteiger partial charge in [0.2, 0.25) is 0 Å². The van der Waals surface area contributed by atoms with E-state index in [1.165, 1.54) is 5.56 Å². The van der Waals surface area contributed by atoms with E-state index in [-0.39, 0.29) is 0 Å². The van der Waals surface area contributed by atoms with E-state index in [0.29, 0.717) is 5.92 Å². The van der Waals surface area contributed by atoms with Gasteiger partial charge in [0, 0.05) is 29.9 Å². The molecule has 0 amide bonds. The van der Waals surface area contributed by atoms with Gasteiger partial charge in [0.25, 0.3) is 0 Å². The minimum Gasteiger partial charge on any atom is -0.319 e. The molecule has 19 heavy (non-hydrogen) atoms. The van der Waals surface area contributed by atoms with Gasteiger partial charge in [-0.05, 0) is 31.7 Å². The second-order valence-corrected chi connectivity index (χ2v) is 5.42. The number of rotatable bonds is 6. The zero-order chi connectivity index (χ0) is 13.7. The van der Waals surface area contributed by atoms with Crippen LogP contribution in [0.3, 0.4) is 0 Å². The standard InChI is InChI=1S/C14H19BrN4/c1-3-19-14(17-10-18-19)8-12(9-16-2)11-5-4-6-13(15)7-11/h4-7,10,12,16H,3,8-9H2,1-2H3. The van der Waals surface area contributed by atoms with E-state index >= 15 is 0 Å². The molecular weight excluding hydrogens is 304 g/mol. The van der Waals surface area contributed by atoms with Crippen molar-refractivity contribution in [1.29, 1.82) is 0 Å². The van der Waals surface area contributed by atoms with Crippen molar-refractivity contribution in [3.63, 3.8) is 0 Å². The highest BCUT2D eigenvalue weighted by atomic mass is 79.9. The summed E-state index contributed by atoms with van der Waals surface area (Å²) < 4.78 is 3.07. The lowest BCUT2D eigenvalue weighted by Gasteiger charge is -2.17. The van der Waals surface area contributed by atoms with Gasteiger partial charge in [-0.25, -0.2) is 4.98 Å². The predicted octanol–water partition coefficient (Wildman–Crippen LogP) is 2.61. The van der Waals surface area contributed by atoms with Crippen LogP contribution in [-0.2, 0) is 13.0 Å². The Bertz CT molecular complexity index is 524. The van der Waals surface area contributed by atoms with Crippen LogP contribution in [0.4, 0.5) is 0 Å². The average molecular weight is 323 g/mol. The van der Waals surface area contributed by atoms with Crippen molar-refractivity contribution in [3.8, 4) is 0 Å². The molecule has 0 bridgehead atoms. The highest BCUT2D eigenvalue weighted by molar-refractivity contribution is 9.10. The van der Waals surface area contributed by atoms with Gasteiger partial charge in [-0.2, -0.15) is 5.10 Å². The van der Waals surface area contributed by atoms with Gasteiger partial charge in [-0.15, -0.1) is 0 Å². The summed E-state index contributed by atoms with van der Waals surface area (Å²) in [7, 11) is 1.98. The highest BCUT2D eigenvalue weighted by Gasteiger charge is 2.15. The second kappa shape index (κ2) is 6.82. The van der Waals surface area contributed by atoms with Crippen molar-refractivity contribution in [2.45, 2.75) is 25.8 Å². The van der Waals surface area contributed by atoms with Crippen molar-refractivity contribution >= 4 is 15.9 Å². The zero-order valence-corrected chi connectivity index (χ0v) is 12.9. The van der Waals surface area contributed by atoms with Gasteiger partial charge < -0.3 is 5.32 Å². The average Bonchev–Trinajstić information content (AvgIpc) is 2.85. The summed E-state index contributed by atoms with van der Waals surface area (Å²) in [5, 5.41) is 7.50. The summed E-state index contributed by atoms with van der Waals surface area (Å²) in [5.74, 6) is 1.44. The minimum absolute atomic E-state index is 0.400. The van der Waals surface area contributed by atoms with Crippen molar-refractivity contribution < 1.29 is 0 Å². The lowest BCUT2D eigenvalue weighted by atomic mass is 9.95. The monoisotopic (exact) mass is 322 g/mol. The summed E-state index contributed by atoms with van der Waals surface area (Å²) in [6.45, 7) is 3.87. The molecule has 1 aromatic carbocycles. The van der Waals surface area contributed by atoms with Gasteiger partial charge in [-0.1, -0.05) is 28.1 Å². The molecule has 1 heterocycles. The number of hydrogen-bond acceptors (Lipinski definition) is 3. The number of likely N-dealkylation sites (N-methyl/N-ethyl adjacent to an activating group) is 1. The first-order chi connectivity index (χ1) is 9.24. The van der Waals surface area contributed by atoms with Gasteiger partial charge in [0.05, 0.1) is 0 Å². The smallest absolute Gasteiger partial charge is 0.138 e. The molecule has 0 aliphatic carbocycles. The summed E-state index contributed by atoms with van der Waals surface area (Å²) in [5.41, 5.74) is 1.31. The fourth-order valence-corrected chi connectivity index (χ4v) is 2.66. The van der Waals surface area contributed by atoms with E-state index < -0.39 is 0 Å². The van der Waals surface area contributed by atoms with Crippen LogP contribution in [-0.4, -0.2) is 28.4 Å². The number of hydrogen-bond donors (Lipinski definition) is 1. The molecule has 1 aromatic heterocycles. The van der Waals surface area contributed by atoms with Crippen LogP contribution in [0.2, 0.25) is 0 Å². The molecule has 0 fully saturated rings. The van der Waals surface area contributed by atoms with E-state index in [1.807, 2.05) is 11.7 Å². The minimum atomic E-state index is 0.400. The SMILES string of the molecule is CCn1ncnc1CC(CNC)c1cccc(Br)c1. The molecule has 1 N–H and O–H groups in total. The maximum atomic E-state index is 4.37. The molecule has 0 aliphatic heterocycles. The van der Waals surface area contributed by atoms with Crippen molar-refractivity contribution in [1.82, 2.24) is 20.1 Å². The first-order valence-electron chi connectivity index (χ1n) is 6.51.